The molecule has 0 atom stereocenters. The monoisotopic (exact) mass is 353 g/mol. The van der Waals surface area contributed by atoms with Crippen molar-refractivity contribution in [2.45, 2.75) is 18.9 Å². The molecular formula is C19H19N3O4. The first kappa shape index (κ1) is 16.4. The minimum absolute atomic E-state index is 0.0409. The number of benzene rings is 1. The first-order valence-corrected chi connectivity index (χ1v) is 8.66. The first-order valence-electron chi connectivity index (χ1n) is 8.66. The van der Waals surface area contributed by atoms with Crippen LogP contribution in [0.2, 0.25) is 0 Å². The highest BCUT2D eigenvalue weighted by molar-refractivity contribution is 6.19. The second-order valence-corrected chi connectivity index (χ2v) is 6.48. The van der Waals surface area contributed by atoms with E-state index in [0.29, 0.717) is 37.4 Å². The number of nitrogens with zero attached hydrogens (tertiary/aromatic N) is 3. The van der Waals surface area contributed by atoms with Crippen LogP contribution in [0, 0.1) is 0 Å². The van der Waals surface area contributed by atoms with E-state index in [4.69, 9.17) is 4.42 Å². The molecule has 0 saturated carbocycles. The van der Waals surface area contributed by atoms with Gasteiger partial charge < -0.3 is 14.2 Å². The molecule has 1 aromatic carbocycles. The molecule has 26 heavy (non-hydrogen) atoms. The van der Waals surface area contributed by atoms with E-state index in [-0.39, 0.29) is 30.4 Å². The molecule has 1 aromatic heterocycles. The van der Waals surface area contributed by atoms with Gasteiger partial charge in [0.25, 0.3) is 11.8 Å². The Labute approximate surface area is 150 Å². The fraction of sp³-hybridized carbons (Fsp3) is 0.316. The molecule has 0 unspecified atom stereocenters. The van der Waals surface area contributed by atoms with Crippen molar-refractivity contribution in [3.05, 3.63) is 54.5 Å². The van der Waals surface area contributed by atoms with Crippen molar-refractivity contribution in [1.82, 2.24) is 9.80 Å². The number of urea groups is 1. The highest BCUT2D eigenvalue weighted by atomic mass is 16.3. The van der Waals surface area contributed by atoms with Crippen LogP contribution in [0.15, 0.2) is 53.1 Å². The molecule has 134 valence electrons. The maximum atomic E-state index is 12.8. The van der Waals surface area contributed by atoms with Gasteiger partial charge in [-0.1, -0.05) is 18.2 Å². The van der Waals surface area contributed by atoms with E-state index in [0.717, 1.165) is 0 Å². The number of hydrogen-bond acceptors (Lipinski definition) is 4. The van der Waals surface area contributed by atoms with Gasteiger partial charge in [0.1, 0.15) is 6.54 Å². The molecule has 4 amide bonds. The molecule has 3 heterocycles. The summed E-state index contributed by atoms with van der Waals surface area (Å²) in [4.78, 5) is 42.0. The molecular weight excluding hydrogens is 334 g/mol. The summed E-state index contributed by atoms with van der Waals surface area (Å²) in [6.07, 6.45) is 2.77. The summed E-state index contributed by atoms with van der Waals surface area (Å²) in [5.74, 6) is -0.0235. The zero-order chi connectivity index (χ0) is 18.1. The average molecular weight is 353 g/mol. The first-order chi connectivity index (χ1) is 12.6. The molecule has 0 N–H and O–H groups in total. The van der Waals surface area contributed by atoms with Crippen LogP contribution in [0.4, 0.5) is 10.5 Å². The number of furan rings is 1. The maximum absolute atomic E-state index is 12.8. The van der Waals surface area contributed by atoms with Crippen LogP contribution in [0.5, 0.6) is 0 Å². The van der Waals surface area contributed by atoms with Gasteiger partial charge >= 0.3 is 6.03 Å². The van der Waals surface area contributed by atoms with Crippen LogP contribution in [-0.4, -0.2) is 53.3 Å². The summed E-state index contributed by atoms with van der Waals surface area (Å²) < 4.78 is 5.16. The zero-order valence-electron chi connectivity index (χ0n) is 14.2. The summed E-state index contributed by atoms with van der Waals surface area (Å²) in [6, 6.07) is 12.0. The number of amides is 4. The molecule has 2 saturated heterocycles. The van der Waals surface area contributed by atoms with E-state index >= 15 is 0 Å². The van der Waals surface area contributed by atoms with Gasteiger partial charge in [-0.3, -0.25) is 9.59 Å². The van der Waals surface area contributed by atoms with Gasteiger partial charge in [0.15, 0.2) is 5.76 Å². The fourth-order valence-corrected chi connectivity index (χ4v) is 3.57. The van der Waals surface area contributed by atoms with E-state index in [1.165, 1.54) is 11.2 Å². The van der Waals surface area contributed by atoms with Crippen molar-refractivity contribution in [3.8, 4) is 0 Å². The molecule has 2 aliphatic rings. The van der Waals surface area contributed by atoms with Crippen LogP contribution in [0.25, 0.3) is 0 Å². The van der Waals surface area contributed by atoms with Crippen LogP contribution >= 0.6 is 0 Å². The number of imide groups is 1. The van der Waals surface area contributed by atoms with Gasteiger partial charge in [-0.15, -0.1) is 0 Å². The number of piperidine rings is 1. The van der Waals surface area contributed by atoms with Crippen LogP contribution in [0.1, 0.15) is 23.4 Å². The molecule has 7 nitrogen and oxygen atoms in total. The second-order valence-electron chi connectivity index (χ2n) is 6.48. The molecule has 4 rings (SSSR count). The standard InChI is InChI=1S/C19H19N3O4/c23-17-13-21(19(25)22(17)15-5-2-1-3-6-15)14-8-10-20(11-9-14)18(24)16-7-4-12-26-16/h1-7,12,14H,8-11,13H2. The lowest BCUT2D eigenvalue weighted by molar-refractivity contribution is -0.116. The normalized spacial score (nSPS) is 18.7. The Balaban J connectivity index is 1.41. The molecule has 2 aromatic rings. The van der Waals surface area contributed by atoms with Crippen molar-refractivity contribution in [2.75, 3.05) is 24.5 Å². The Morgan fingerprint density at radius 3 is 2.38 bits per heavy atom. The molecule has 0 aliphatic carbocycles. The fourth-order valence-electron chi connectivity index (χ4n) is 3.57. The summed E-state index contributed by atoms with van der Waals surface area (Å²) in [6.45, 7) is 1.16. The summed E-state index contributed by atoms with van der Waals surface area (Å²) in [5, 5.41) is 0. The molecule has 2 fully saturated rings. The number of carbonyl (C=O) groups is 3. The SMILES string of the molecule is O=C(c1ccco1)N1CCC(N2CC(=O)N(c3ccccc3)C2=O)CC1. The van der Waals surface area contributed by atoms with Crippen molar-refractivity contribution < 1.29 is 18.8 Å². The largest absolute Gasteiger partial charge is 0.459 e. The average Bonchev–Trinajstić information content (AvgIpc) is 3.30. The lowest BCUT2D eigenvalue weighted by Crippen LogP contribution is -2.48. The van der Waals surface area contributed by atoms with Crippen molar-refractivity contribution in [1.29, 1.82) is 0 Å². The Hall–Kier alpha value is -3.09. The lowest BCUT2D eigenvalue weighted by atomic mass is 10.0. The molecule has 0 bridgehead atoms. The van der Waals surface area contributed by atoms with Crippen molar-refractivity contribution in [3.63, 3.8) is 0 Å². The van der Waals surface area contributed by atoms with E-state index in [2.05, 4.69) is 0 Å². The third-order valence-corrected chi connectivity index (χ3v) is 4.93. The number of para-hydroxylation sites is 1. The number of anilines is 1. The number of likely N-dealkylation sites (tertiary alicyclic amines) is 1. The number of rotatable bonds is 3. The van der Waals surface area contributed by atoms with Crippen LogP contribution in [0.3, 0.4) is 0 Å². The summed E-state index contributed by atoms with van der Waals surface area (Å²) >= 11 is 0. The minimum Gasteiger partial charge on any atom is -0.459 e. The van der Waals surface area contributed by atoms with Crippen LogP contribution in [-0.2, 0) is 4.79 Å². The van der Waals surface area contributed by atoms with Gasteiger partial charge in [0.05, 0.1) is 12.0 Å². The Bertz CT molecular complexity index is 811. The summed E-state index contributed by atoms with van der Waals surface area (Å²) in [7, 11) is 0. The van der Waals surface area contributed by atoms with E-state index < -0.39 is 0 Å². The smallest absolute Gasteiger partial charge is 0.332 e. The third kappa shape index (κ3) is 2.85. The van der Waals surface area contributed by atoms with Gasteiger partial charge in [-0.25, -0.2) is 9.69 Å². The number of carbonyl (C=O) groups excluding carboxylic acids is 3. The van der Waals surface area contributed by atoms with Gasteiger partial charge in [0.2, 0.25) is 0 Å². The van der Waals surface area contributed by atoms with Crippen molar-refractivity contribution in [2.24, 2.45) is 0 Å². The topological polar surface area (TPSA) is 74.1 Å². The molecule has 0 radical (unpaired) electrons. The van der Waals surface area contributed by atoms with Crippen molar-refractivity contribution >= 4 is 23.5 Å². The van der Waals surface area contributed by atoms with E-state index in [9.17, 15) is 14.4 Å². The quantitative estimate of drug-likeness (QED) is 0.794. The van der Waals surface area contributed by atoms with Crippen LogP contribution < -0.4 is 4.90 Å². The van der Waals surface area contributed by atoms with Gasteiger partial charge in [-0.2, -0.15) is 0 Å². The zero-order valence-corrected chi connectivity index (χ0v) is 14.2. The van der Waals surface area contributed by atoms with E-state index in [1.807, 2.05) is 6.07 Å². The number of hydrogen-bond donors (Lipinski definition) is 0. The predicted molar refractivity (Wildman–Crippen MR) is 93.7 cm³/mol. The Morgan fingerprint density at radius 2 is 1.73 bits per heavy atom. The Morgan fingerprint density at radius 1 is 1.00 bits per heavy atom. The maximum Gasteiger partial charge on any atom is 0.332 e. The van der Waals surface area contributed by atoms with Gasteiger partial charge in [0, 0.05) is 19.1 Å². The molecule has 7 heteroatoms. The highest BCUT2D eigenvalue weighted by Gasteiger charge is 2.41. The minimum atomic E-state index is -0.281. The lowest BCUT2D eigenvalue weighted by Gasteiger charge is -2.35. The summed E-state index contributed by atoms with van der Waals surface area (Å²) in [5.41, 5.74) is 0.593. The predicted octanol–water partition coefficient (Wildman–Crippen LogP) is 2.35. The second kappa shape index (κ2) is 6.67. The highest BCUT2D eigenvalue weighted by Crippen LogP contribution is 2.26. The molecule has 2 aliphatic heterocycles. The van der Waals surface area contributed by atoms with E-state index in [1.54, 1.807) is 46.2 Å². The third-order valence-electron chi connectivity index (χ3n) is 4.93. The Kier molecular flexibility index (Phi) is 4.20. The van der Waals surface area contributed by atoms with Gasteiger partial charge in [-0.05, 0) is 37.1 Å². The molecule has 0 spiro atoms.